The Kier molecular flexibility index (Phi) is 5.01. The van der Waals surface area contributed by atoms with Crippen LogP contribution in [0.2, 0.25) is 0 Å². The first-order valence-corrected chi connectivity index (χ1v) is 5.46. The van der Waals surface area contributed by atoms with Crippen molar-refractivity contribution in [3.05, 3.63) is 54.1 Å². The van der Waals surface area contributed by atoms with E-state index in [2.05, 4.69) is 6.92 Å². The maximum Gasteiger partial charge on any atom is 0.120 e. The molecule has 0 spiro atoms. The van der Waals surface area contributed by atoms with Gasteiger partial charge < -0.3 is 4.74 Å². The van der Waals surface area contributed by atoms with Crippen molar-refractivity contribution < 1.29 is 4.74 Å². The van der Waals surface area contributed by atoms with Crippen molar-refractivity contribution in [3.8, 4) is 5.75 Å². The molecule has 4 heteroatoms. The van der Waals surface area contributed by atoms with Crippen LogP contribution in [-0.4, -0.2) is 7.11 Å². The van der Waals surface area contributed by atoms with Gasteiger partial charge >= 0.3 is 0 Å². The number of halogens is 1. The van der Waals surface area contributed by atoms with Gasteiger partial charge in [0.05, 0.1) is 18.5 Å². The second-order valence-corrected chi connectivity index (χ2v) is 3.91. The number of rotatable bonds is 3. The van der Waals surface area contributed by atoms with Crippen molar-refractivity contribution in [3.63, 3.8) is 0 Å². The van der Waals surface area contributed by atoms with E-state index in [0.717, 1.165) is 17.1 Å². The fourth-order valence-electron chi connectivity index (χ4n) is 1.61. The van der Waals surface area contributed by atoms with Crippen LogP contribution in [0.4, 0.5) is 11.4 Å². The van der Waals surface area contributed by atoms with Crippen molar-refractivity contribution >= 4 is 23.8 Å². The molecule has 18 heavy (non-hydrogen) atoms. The third-order valence-electron chi connectivity index (χ3n) is 2.64. The first-order chi connectivity index (χ1) is 8.20. The normalized spacial score (nSPS) is 9.50. The van der Waals surface area contributed by atoms with Gasteiger partial charge in [0.15, 0.2) is 0 Å². The molecule has 3 nitrogen and oxygen atoms in total. The predicted molar refractivity (Wildman–Crippen MR) is 77.7 cm³/mol. The van der Waals surface area contributed by atoms with Crippen LogP contribution in [0.1, 0.15) is 5.56 Å². The molecule has 0 unspecified atom stereocenters. The zero-order valence-electron chi connectivity index (χ0n) is 10.5. The summed E-state index contributed by atoms with van der Waals surface area (Å²) in [4.78, 5) is 0. The first kappa shape index (κ1) is 14.4. The highest BCUT2D eigenvalue weighted by molar-refractivity contribution is 5.85. The summed E-state index contributed by atoms with van der Waals surface area (Å²) < 4.78 is 5.18. The van der Waals surface area contributed by atoms with Crippen molar-refractivity contribution in [1.29, 1.82) is 0 Å². The van der Waals surface area contributed by atoms with E-state index in [1.807, 2.05) is 48.5 Å². The number of nitrogens with two attached hydrogens (primary N) is 1. The summed E-state index contributed by atoms with van der Waals surface area (Å²) in [5.41, 5.74) is 3.06. The molecular weight excluding hydrogens is 248 g/mol. The van der Waals surface area contributed by atoms with Gasteiger partial charge in [-0.15, -0.1) is 12.4 Å². The zero-order chi connectivity index (χ0) is 12.3. The summed E-state index contributed by atoms with van der Waals surface area (Å²) in [6, 6.07) is 15.7. The molecule has 0 saturated heterocycles. The van der Waals surface area contributed by atoms with Gasteiger partial charge in [-0.2, -0.15) is 0 Å². The largest absolute Gasteiger partial charge is 0.497 e. The molecule has 2 aromatic rings. The average Bonchev–Trinajstić information content (AvgIpc) is 2.39. The van der Waals surface area contributed by atoms with E-state index in [9.17, 15) is 0 Å². The summed E-state index contributed by atoms with van der Waals surface area (Å²) in [5.74, 6) is 6.86. The van der Waals surface area contributed by atoms with Gasteiger partial charge in [-0.25, -0.2) is 5.84 Å². The van der Waals surface area contributed by atoms with Crippen LogP contribution in [0.3, 0.4) is 0 Å². The van der Waals surface area contributed by atoms with E-state index >= 15 is 0 Å². The SMILES string of the molecule is COc1cccc(N(N)c2ccc(C)cc2)c1.Cl. The molecule has 2 aromatic carbocycles. The third-order valence-corrected chi connectivity index (χ3v) is 2.64. The molecule has 0 heterocycles. The van der Waals surface area contributed by atoms with Gasteiger partial charge in [-0.1, -0.05) is 23.8 Å². The molecule has 2 N–H and O–H groups in total. The highest BCUT2D eigenvalue weighted by Gasteiger charge is 2.05. The second-order valence-electron chi connectivity index (χ2n) is 3.91. The number of benzene rings is 2. The standard InChI is InChI=1S/C14H16N2O.ClH/c1-11-6-8-12(9-7-11)16(15)13-4-3-5-14(10-13)17-2;/h3-10H,15H2,1-2H3;1H. The smallest absolute Gasteiger partial charge is 0.120 e. The first-order valence-electron chi connectivity index (χ1n) is 5.46. The Bertz CT molecular complexity index is 499. The van der Waals surface area contributed by atoms with Crippen LogP contribution in [0.25, 0.3) is 0 Å². The Balaban J connectivity index is 0.00000162. The average molecular weight is 265 g/mol. The monoisotopic (exact) mass is 264 g/mol. The minimum absolute atomic E-state index is 0. The van der Waals surface area contributed by atoms with Crippen LogP contribution in [0.15, 0.2) is 48.5 Å². The second kappa shape index (κ2) is 6.28. The number of methoxy groups -OCH3 is 1. The van der Waals surface area contributed by atoms with Crippen LogP contribution in [-0.2, 0) is 0 Å². The molecule has 0 aliphatic carbocycles. The van der Waals surface area contributed by atoms with Crippen LogP contribution >= 0.6 is 12.4 Å². The van der Waals surface area contributed by atoms with Crippen LogP contribution < -0.4 is 15.6 Å². The van der Waals surface area contributed by atoms with Crippen LogP contribution in [0, 0.1) is 6.92 Å². The van der Waals surface area contributed by atoms with Gasteiger partial charge in [-0.05, 0) is 31.2 Å². The maximum absolute atomic E-state index is 6.07. The fraction of sp³-hybridized carbons (Fsp3) is 0.143. The van der Waals surface area contributed by atoms with E-state index < -0.39 is 0 Å². The van der Waals surface area contributed by atoms with Crippen LogP contribution in [0.5, 0.6) is 5.75 Å². The molecule has 0 fully saturated rings. The highest BCUT2D eigenvalue weighted by Crippen LogP contribution is 2.25. The fourth-order valence-corrected chi connectivity index (χ4v) is 1.61. The number of hydrazine groups is 1. The van der Waals surface area contributed by atoms with Crippen molar-refractivity contribution in [1.82, 2.24) is 0 Å². The molecule has 0 aliphatic rings. The third kappa shape index (κ3) is 3.15. The van der Waals surface area contributed by atoms with E-state index in [-0.39, 0.29) is 12.4 Å². The van der Waals surface area contributed by atoms with Gasteiger partial charge in [-0.3, -0.25) is 5.01 Å². The topological polar surface area (TPSA) is 38.5 Å². The van der Waals surface area contributed by atoms with Gasteiger partial charge in [0, 0.05) is 6.07 Å². The van der Waals surface area contributed by atoms with E-state index in [1.54, 1.807) is 12.1 Å². The summed E-state index contributed by atoms with van der Waals surface area (Å²) in [5, 5.41) is 1.64. The summed E-state index contributed by atoms with van der Waals surface area (Å²) in [6.07, 6.45) is 0. The molecule has 96 valence electrons. The predicted octanol–water partition coefficient (Wildman–Crippen LogP) is 3.44. The van der Waals surface area contributed by atoms with E-state index in [0.29, 0.717) is 0 Å². The van der Waals surface area contributed by atoms with E-state index in [4.69, 9.17) is 10.6 Å². The number of aryl methyl sites for hydroxylation is 1. The zero-order valence-corrected chi connectivity index (χ0v) is 11.3. The molecule has 0 saturated carbocycles. The summed E-state index contributed by atoms with van der Waals surface area (Å²) >= 11 is 0. The Morgan fingerprint density at radius 2 is 1.67 bits per heavy atom. The molecule has 2 rings (SSSR count). The number of hydrogen-bond acceptors (Lipinski definition) is 3. The lowest BCUT2D eigenvalue weighted by molar-refractivity contribution is 0.415. The van der Waals surface area contributed by atoms with E-state index in [1.165, 1.54) is 5.56 Å². The lowest BCUT2D eigenvalue weighted by Crippen LogP contribution is -2.24. The van der Waals surface area contributed by atoms with Crippen molar-refractivity contribution in [2.75, 3.05) is 12.1 Å². The molecule has 0 aliphatic heterocycles. The highest BCUT2D eigenvalue weighted by atomic mass is 35.5. The number of hydrogen-bond donors (Lipinski definition) is 1. The van der Waals surface area contributed by atoms with Gasteiger partial charge in [0.1, 0.15) is 5.75 Å². The van der Waals surface area contributed by atoms with Crippen molar-refractivity contribution in [2.24, 2.45) is 5.84 Å². The Hall–Kier alpha value is -1.71. The number of nitrogens with zero attached hydrogens (tertiary/aromatic N) is 1. The van der Waals surface area contributed by atoms with Gasteiger partial charge in [0.2, 0.25) is 0 Å². The maximum atomic E-state index is 6.07. The summed E-state index contributed by atoms with van der Waals surface area (Å²) in [7, 11) is 1.64. The number of ether oxygens (including phenoxy) is 1. The minimum Gasteiger partial charge on any atom is -0.497 e. The molecular formula is C14H17ClN2O. The molecule has 0 amide bonds. The number of anilines is 2. The molecule has 0 bridgehead atoms. The molecule has 0 atom stereocenters. The minimum atomic E-state index is 0. The molecule has 0 aromatic heterocycles. The van der Waals surface area contributed by atoms with Gasteiger partial charge in [0.25, 0.3) is 0 Å². The lowest BCUT2D eigenvalue weighted by atomic mass is 10.2. The Labute approximate surface area is 114 Å². The summed E-state index contributed by atoms with van der Waals surface area (Å²) in [6.45, 7) is 2.05. The van der Waals surface area contributed by atoms with Crippen molar-refractivity contribution in [2.45, 2.75) is 6.92 Å². The Morgan fingerprint density at radius 1 is 1.00 bits per heavy atom. The Morgan fingerprint density at radius 3 is 2.28 bits per heavy atom. The molecule has 0 radical (unpaired) electrons. The quantitative estimate of drug-likeness (QED) is 0.682. The lowest BCUT2D eigenvalue weighted by Gasteiger charge is -2.19.